The number of hydrogen-bond acceptors (Lipinski definition) is 4. The van der Waals surface area contributed by atoms with E-state index in [-0.39, 0.29) is 6.54 Å². The van der Waals surface area contributed by atoms with E-state index in [4.69, 9.17) is 9.84 Å². The van der Waals surface area contributed by atoms with Crippen LogP contribution in [0.5, 0.6) is 0 Å². The molecule has 80 valence electrons. The van der Waals surface area contributed by atoms with Crippen molar-refractivity contribution in [1.82, 2.24) is 15.1 Å². The van der Waals surface area contributed by atoms with Crippen LogP contribution < -0.4 is 5.32 Å². The van der Waals surface area contributed by atoms with Crippen molar-refractivity contribution in [2.45, 2.75) is 5.60 Å². The van der Waals surface area contributed by atoms with E-state index < -0.39 is 17.7 Å². The molecule has 1 aromatic heterocycles. The van der Waals surface area contributed by atoms with Crippen LogP contribution in [-0.4, -0.2) is 33.5 Å². The van der Waals surface area contributed by atoms with Crippen molar-refractivity contribution in [3.8, 4) is 0 Å². The number of alkyl carbamates (subject to hydrolysis) is 1. The first-order chi connectivity index (χ1) is 7.04. The Bertz CT molecular complexity index is 427. The van der Waals surface area contributed by atoms with Crippen LogP contribution in [-0.2, 0) is 22.2 Å². The molecule has 0 radical (unpaired) electrons. The predicted octanol–water partition coefficient (Wildman–Crippen LogP) is -0.560. The average molecular weight is 211 g/mol. The van der Waals surface area contributed by atoms with Crippen LogP contribution in [0.3, 0.4) is 0 Å². The monoisotopic (exact) mass is 211 g/mol. The third-order valence-electron chi connectivity index (χ3n) is 2.27. The van der Waals surface area contributed by atoms with Gasteiger partial charge in [-0.15, -0.1) is 0 Å². The SMILES string of the molecule is Cn1cc(C2(C(=O)O)CNC(=O)O2)cn1. The Hall–Kier alpha value is -2.05. The molecular weight excluding hydrogens is 202 g/mol. The number of ether oxygens (including phenoxy) is 1. The molecule has 1 aliphatic rings. The van der Waals surface area contributed by atoms with Gasteiger partial charge >= 0.3 is 12.1 Å². The van der Waals surface area contributed by atoms with Crippen LogP contribution in [0.2, 0.25) is 0 Å². The molecule has 0 bridgehead atoms. The van der Waals surface area contributed by atoms with Crippen LogP contribution in [0.4, 0.5) is 4.79 Å². The molecule has 2 heterocycles. The molecule has 1 aliphatic heterocycles. The van der Waals surface area contributed by atoms with Crippen LogP contribution in [0.1, 0.15) is 5.56 Å². The molecule has 7 heteroatoms. The summed E-state index contributed by atoms with van der Waals surface area (Å²) in [6.07, 6.45) is 2.14. The molecule has 2 rings (SSSR count). The van der Waals surface area contributed by atoms with Gasteiger partial charge < -0.3 is 15.2 Å². The number of carbonyl (C=O) groups excluding carboxylic acids is 1. The molecule has 0 saturated carbocycles. The number of hydrogen-bond donors (Lipinski definition) is 2. The molecule has 1 saturated heterocycles. The highest BCUT2D eigenvalue weighted by Gasteiger charge is 2.50. The number of aliphatic carboxylic acids is 1. The Morgan fingerprint density at radius 2 is 2.53 bits per heavy atom. The topological polar surface area (TPSA) is 93.5 Å². The maximum atomic E-state index is 11.1. The van der Waals surface area contributed by atoms with Crippen LogP contribution in [0, 0.1) is 0 Å². The van der Waals surface area contributed by atoms with Crippen molar-refractivity contribution in [3.63, 3.8) is 0 Å². The van der Waals surface area contributed by atoms with Gasteiger partial charge in [-0.05, 0) is 0 Å². The summed E-state index contributed by atoms with van der Waals surface area (Å²) in [7, 11) is 1.66. The minimum absolute atomic E-state index is 0.0904. The van der Waals surface area contributed by atoms with Crippen LogP contribution in [0.25, 0.3) is 0 Å². The number of aromatic nitrogens is 2. The molecule has 15 heavy (non-hydrogen) atoms. The third-order valence-corrected chi connectivity index (χ3v) is 2.27. The Balaban J connectivity index is 2.44. The summed E-state index contributed by atoms with van der Waals surface area (Å²) in [5.41, 5.74) is -1.30. The fraction of sp³-hybridized carbons (Fsp3) is 0.375. The zero-order valence-electron chi connectivity index (χ0n) is 7.93. The quantitative estimate of drug-likeness (QED) is 0.683. The fourth-order valence-electron chi connectivity index (χ4n) is 1.46. The summed E-state index contributed by atoms with van der Waals surface area (Å²) in [5, 5.41) is 15.3. The lowest BCUT2D eigenvalue weighted by atomic mass is 9.98. The fourth-order valence-corrected chi connectivity index (χ4v) is 1.46. The minimum Gasteiger partial charge on any atom is -0.478 e. The highest BCUT2D eigenvalue weighted by Crippen LogP contribution is 2.28. The van der Waals surface area contributed by atoms with Crippen molar-refractivity contribution >= 4 is 12.1 Å². The van der Waals surface area contributed by atoms with E-state index in [1.54, 1.807) is 7.05 Å². The number of rotatable bonds is 2. The maximum absolute atomic E-state index is 11.1. The number of carboxylic acids is 1. The van der Waals surface area contributed by atoms with Crippen LogP contribution >= 0.6 is 0 Å². The third kappa shape index (κ3) is 1.32. The molecule has 7 nitrogen and oxygen atoms in total. The number of carboxylic acid groups (broad SMARTS) is 1. The Morgan fingerprint density at radius 1 is 1.80 bits per heavy atom. The normalized spacial score (nSPS) is 24.7. The van der Waals surface area contributed by atoms with Crippen molar-refractivity contribution < 1.29 is 19.4 Å². The maximum Gasteiger partial charge on any atom is 0.408 e. The Kier molecular flexibility index (Phi) is 1.88. The summed E-state index contributed by atoms with van der Waals surface area (Å²) >= 11 is 0. The van der Waals surface area contributed by atoms with E-state index in [9.17, 15) is 9.59 Å². The highest BCUT2D eigenvalue weighted by atomic mass is 16.6. The van der Waals surface area contributed by atoms with Gasteiger partial charge in [0.15, 0.2) is 0 Å². The number of nitrogens with zero attached hydrogens (tertiary/aromatic N) is 2. The van der Waals surface area contributed by atoms with Crippen LogP contribution in [0.15, 0.2) is 12.4 Å². The molecule has 2 N–H and O–H groups in total. The Morgan fingerprint density at radius 3 is 2.93 bits per heavy atom. The summed E-state index contributed by atoms with van der Waals surface area (Å²) in [6.45, 7) is -0.0904. The van der Waals surface area contributed by atoms with Gasteiger partial charge in [-0.1, -0.05) is 0 Å². The van der Waals surface area contributed by atoms with Crippen molar-refractivity contribution in [2.75, 3.05) is 6.54 Å². The van der Waals surface area contributed by atoms with Crippen molar-refractivity contribution in [1.29, 1.82) is 0 Å². The van der Waals surface area contributed by atoms with E-state index in [0.29, 0.717) is 5.56 Å². The second-order valence-electron chi connectivity index (χ2n) is 3.28. The van der Waals surface area contributed by atoms with E-state index in [2.05, 4.69) is 10.4 Å². The molecular formula is C8H9N3O4. The van der Waals surface area contributed by atoms with E-state index in [0.717, 1.165) is 0 Å². The second kappa shape index (κ2) is 2.97. The zero-order chi connectivity index (χ0) is 11.1. The summed E-state index contributed by atoms with van der Waals surface area (Å²) in [5.74, 6) is -1.21. The molecule has 0 spiro atoms. The largest absolute Gasteiger partial charge is 0.478 e. The lowest BCUT2D eigenvalue weighted by Gasteiger charge is -2.19. The highest BCUT2D eigenvalue weighted by molar-refractivity contribution is 5.86. The number of carbonyl (C=O) groups is 2. The van der Waals surface area contributed by atoms with Gasteiger partial charge in [-0.2, -0.15) is 5.10 Å². The van der Waals surface area contributed by atoms with Gasteiger partial charge in [0.1, 0.15) is 0 Å². The van der Waals surface area contributed by atoms with E-state index >= 15 is 0 Å². The van der Waals surface area contributed by atoms with Gasteiger partial charge in [0.25, 0.3) is 5.60 Å². The summed E-state index contributed by atoms with van der Waals surface area (Å²) in [4.78, 5) is 22.0. The van der Waals surface area contributed by atoms with Crippen molar-refractivity contribution in [3.05, 3.63) is 18.0 Å². The number of amides is 1. The summed E-state index contributed by atoms with van der Waals surface area (Å²) < 4.78 is 6.26. The standard InChI is InChI=1S/C8H9N3O4/c1-11-3-5(2-10-11)8(6(12)13)4-9-7(14)15-8/h2-3H,4H2,1H3,(H,9,14)(H,12,13). The Labute approximate surface area is 84.6 Å². The van der Waals surface area contributed by atoms with Crippen molar-refractivity contribution in [2.24, 2.45) is 7.05 Å². The minimum atomic E-state index is -1.65. The number of nitrogens with one attached hydrogen (secondary N) is 1. The molecule has 1 amide bonds. The molecule has 1 unspecified atom stereocenters. The number of aryl methyl sites for hydroxylation is 1. The van der Waals surface area contributed by atoms with Gasteiger partial charge in [0.05, 0.1) is 12.7 Å². The molecule has 0 aromatic carbocycles. The average Bonchev–Trinajstić information content (AvgIpc) is 2.72. The molecule has 1 aromatic rings. The van der Waals surface area contributed by atoms with Gasteiger partial charge in [0, 0.05) is 18.8 Å². The van der Waals surface area contributed by atoms with E-state index in [1.807, 2.05) is 0 Å². The molecule has 1 fully saturated rings. The number of cyclic esters (lactones) is 1. The lowest BCUT2D eigenvalue weighted by molar-refractivity contribution is -0.155. The first-order valence-corrected chi connectivity index (χ1v) is 4.24. The van der Waals surface area contributed by atoms with Gasteiger partial charge in [-0.25, -0.2) is 9.59 Å². The zero-order valence-corrected chi connectivity index (χ0v) is 7.93. The van der Waals surface area contributed by atoms with E-state index in [1.165, 1.54) is 17.1 Å². The first-order valence-electron chi connectivity index (χ1n) is 4.24. The predicted molar refractivity (Wildman–Crippen MR) is 47.0 cm³/mol. The first kappa shape index (κ1) is 9.50. The van der Waals surface area contributed by atoms with Gasteiger partial charge in [0.2, 0.25) is 0 Å². The van der Waals surface area contributed by atoms with Gasteiger partial charge in [-0.3, -0.25) is 4.68 Å². The summed E-state index contributed by atoms with van der Waals surface area (Å²) in [6, 6.07) is 0. The molecule has 1 atom stereocenters. The molecule has 0 aliphatic carbocycles. The second-order valence-corrected chi connectivity index (χ2v) is 3.28. The lowest BCUT2D eigenvalue weighted by Crippen LogP contribution is -2.39. The smallest absolute Gasteiger partial charge is 0.408 e.